The Balaban J connectivity index is 2.08. The minimum atomic E-state index is -0.483. The largest absolute Gasteiger partial charge is 0.389 e. The molecule has 0 spiro atoms. The van der Waals surface area contributed by atoms with Crippen molar-refractivity contribution in [2.75, 3.05) is 33.5 Å². The first kappa shape index (κ1) is 17.5. The van der Waals surface area contributed by atoms with Gasteiger partial charge < -0.3 is 19.9 Å². The normalized spacial score (nSPS) is 14.4. The predicted molar refractivity (Wildman–Crippen MR) is 81.3 cm³/mol. The van der Waals surface area contributed by atoms with E-state index in [4.69, 9.17) is 9.47 Å². The van der Waals surface area contributed by atoms with Crippen LogP contribution in [0.3, 0.4) is 0 Å². The summed E-state index contributed by atoms with van der Waals surface area (Å²) < 4.78 is 10.6. The molecule has 1 aromatic heterocycles. The number of rotatable bonds is 11. The molecule has 116 valence electrons. The fraction of sp³-hybridized carbons (Fsp3) is 0.786. The lowest BCUT2D eigenvalue weighted by Crippen LogP contribution is -2.39. The summed E-state index contributed by atoms with van der Waals surface area (Å²) in [6.45, 7) is 6.27. The Morgan fingerprint density at radius 2 is 2.25 bits per heavy atom. The Hall–Kier alpha value is -0.530. The van der Waals surface area contributed by atoms with Gasteiger partial charge in [0.25, 0.3) is 0 Å². The van der Waals surface area contributed by atoms with Crippen LogP contribution in [0.15, 0.2) is 5.51 Å². The third-order valence-electron chi connectivity index (χ3n) is 3.13. The van der Waals surface area contributed by atoms with Crippen LogP contribution < -0.4 is 5.32 Å². The molecule has 0 aliphatic rings. The zero-order valence-electron chi connectivity index (χ0n) is 12.6. The SMILES string of the molecule is CCC(COC)NCC(O)COCCc1scnc1C. The van der Waals surface area contributed by atoms with Gasteiger partial charge in [-0.2, -0.15) is 0 Å². The predicted octanol–water partition coefficient (Wildman–Crippen LogP) is 1.39. The molecule has 0 saturated carbocycles. The Kier molecular flexibility index (Phi) is 8.97. The van der Waals surface area contributed by atoms with Crippen molar-refractivity contribution in [2.45, 2.75) is 38.8 Å². The van der Waals surface area contributed by atoms with Gasteiger partial charge in [0.15, 0.2) is 0 Å². The number of nitrogens with one attached hydrogen (secondary N) is 1. The van der Waals surface area contributed by atoms with Crippen LogP contribution in [-0.2, 0) is 15.9 Å². The van der Waals surface area contributed by atoms with E-state index in [-0.39, 0.29) is 6.04 Å². The van der Waals surface area contributed by atoms with Gasteiger partial charge in [-0.15, -0.1) is 11.3 Å². The Morgan fingerprint density at radius 3 is 2.85 bits per heavy atom. The van der Waals surface area contributed by atoms with Crippen LogP contribution in [0.1, 0.15) is 23.9 Å². The smallest absolute Gasteiger partial charge is 0.0897 e. The molecular formula is C14H26N2O3S. The van der Waals surface area contributed by atoms with Crippen LogP contribution in [0.5, 0.6) is 0 Å². The van der Waals surface area contributed by atoms with Crippen LogP contribution in [0, 0.1) is 6.92 Å². The monoisotopic (exact) mass is 302 g/mol. The van der Waals surface area contributed by atoms with E-state index in [9.17, 15) is 5.11 Å². The molecule has 0 saturated heterocycles. The maximum Gasteiger partial charge on any atom is 0.0897 e. The minimum Gasteiger partial charge on any atom is -0.389 e. The lowest BCUT2D eigenvalue weighted by atomic mass is 10.2. The van der Waals surface area contributed by atoms with E-state index >= 15 is 0 Å². The van der Waals surface area contributed by atoms with Gasteiger partial charge in [0.1, 0.15) is 0 Å². The summed E-state index contributed by atoms with van der Waals surface area (Å²) in [6, 6.07) is 0.287. The maximum atomic E-state index is 9.84. The number of ether oxygens (including phenoxy) is 2. The first-order valence-corrected chi connectivity index (χ1v) is 7.92. The zero-order valence-corrected chi connectivity index (χ0v) is 13.4. The van der Waals surface area contributed by atoms with E-state index in [1.807, 2.05) is 12.4 Å². The van der Waals surface area contributed by atoms with E-state index in [0.29, 0.717) is 26.4 Å². The molecule has 20 heavy (non-hydrogen) atoms. The van der Waals surface area contributed by atoms with Crippen molar-refractivity contribution in [1.82, 2.24) is 10.3 Å². The fourth-order valence-corrected chi connectivity index (χ4v) is 2.60. The second kappa shape index (κ2) is 10.2. The zero-order chi connectivity index (χ0) is 14.8. The summed E-state index contributed by atoms with van der Waals surface area (Å²) >= 11 is 1.65. The van der Waals surface area contributed by atoms with Crippen LogP contribution in [-0.4, -0.2) is 55.7 Å². The average molecular weight is 302 g/mol. The van der Waals surface area contributed by atoms with Gasteiger partial charge in [-0.05, 0) is 13.3 Å². The van der Waals surface area contributed by atoms with Crippen LogP contribution in [0.2, 0.25) is 0 Å². The molecule has 5 nitrogen and oxygen atoms in total. The van der Waals surface area contributed by atoms with Crippen LogP contribution in [0.4, 0.5) is 0 Å². The molecule has 2 N–H and O–H groups in total. The number of aromatic nitrogens is 1. The Bertz CT molecular complexity index is 360. The number of aliphatic hydroxyl groups excluding tert-OH is 1. The van der Waals surface area contributed by atoms with Gasteiger partial charge in [0.05, 0.1) is 37.1 Å². The summed E-state index contributed by atoms with van der Waals surface area (Å²) in [5, 5.41) is 13.1. The maximum absolute atomic E-state index is 9.84. The lowest BCUT2D eigenvalue weighted by Gasteiger charge is -2.18. The number of aryl methyl sites for hydroxylation is 1. The van der Waals surface area contributed by atoms with Gasteiger partial charge >= 0.3 is 0 Å². The highest BCUT2D eigenvalue weighted by Gasteiger charge is 2.09. The molecule has 0 amide bonds. The second-order valence-electron chi connectivity index (χ2n) is 4.81. The van der Waals surface area contributed by atoms with E-state index in [2.05, 4.69) is 17.2 Å². The first-order valence-electron chi connectivity index (χ1n) is 7.04. The number of hydrogen-bond acceptors (Lipinski definition) is 6. The average Bonchev–Trinajstić information content (AvgIpc) is 2.85. The molecule has 1 heterocycles. The van der Waals surface area contributed by atoms with E-state index < -0.39 is 6.10 Å². The second-order valence-corrected chi connectivity index (χ2v) is 5.75. The van der Waals surface area contributed by atoms with Crippen molar-refractivity contribution >= 4 is 11.3 Å². The number of aliphatic hydroxyl groups is 1. The van der Waals surface area contributed by atoms with E-state index in [1.165, 1.54) is 4.88 Å². The highest BCUT2D eigenvalue weighted by Crippen LogP contribution is 2.12. The molecule has 0 fully saturated rings. The summed E-state index contributed by atoms with van der Waals surface area (Å²) in [5.74, 6) is 0. The van der Waals surface area contributed by atoms with Crippen molar-refractivity contribution < 1.29 is 14.6 Å². The fourth-order valence-electron chi connectivity index (χ4n) is 1.83. The summed E-state index contributed by atoms with van der Waals surface area (Å²) in [6.07, 6.45) is 1.35. The topological polar surface area (TPSA) is 63.6 Å². The van der Waals surface area contributed by atoms with Crippen molar-refractivity contribution in [3.63, 3.8) is 0 Å². The van der Waals surface area contributed by atoms with Gasteiger partial charge in [-0.25, -0.2) is 4.98 Å². The third-order valence-corrected chi connectivity index (χ3v) is 4.13. The number of thiazole rings is 1. The molecule has 6 heteroatoms. The molecule has 0 aliphatic carbocycles. The first-order chi connectivity index (χ1) is 9.67. The van der Waals surface area contributed by atoms with Crippen molar-refractivity contribution in [1.29, 1.82) is 0 Å². The van der Waals surface area contributed by atoms with Crippen LogP contribution in [0.25, 0.3) is 0 Å². The number of methoxy groups -OCH3 is 1. The lowest BCUT2D eigenvalue weighted by molar-refractivity contribution is 0.0350. The Labute approximate surface area is 125 Å². The van der Waals surface area contributed by atoms with Crippen molar-refractivity contribution in [3.05, 3.63) is 16.1 Å². The molecule has 2 atom stereocenters. The summed E-state index contributed by atoms with van der Waals surface area (Å²) in [7, 11) is 1.69. The molecule has 1 rings (SSSR count). The van der Waals surface area contributed by atoms with Crippen LogP contribution >= 0.6 is 11.3 Å². The minimum absolute atomic E-state index is 0.287. The van der Waals surface area contributed by atoms with Crippen molar-refractivity contribution in [3.8, 4) is 0 Å². The molecular weight excluding hydrogens is 276 g/mol. The van der Waals surface area contributed by atoms with E-state index in [1.54, 1.807) is 18.4 Å². The molecule has 0 aromatic carbocycles. The highest BCUT2D eigenvalue weighted by molar-refractivity contribution is 7.09. The number of nitrogens with zero attached hydrogens (tertiary/aromatic N) is 1. The summed E-state index contributed by atoms with van der Waals surface area (Å²) in [4.78, 5) is 5.45. The molecule has 0 bridgehead atoms. The molecule has 0 aliphatic heterocycles. The highest BCUT2D eigenvalue weighted by atomic mass is 32.1. The third kappa shape index (κ3) is 6.76. The van der Waals surface area contributed by atoms with Gasteiger partial charge in [0.2, 0.25) is 0 Å². The molecule has 2 unspecified atom stereocenters. The molecule has 1 aromatic rings. The standard InChI is InChI=1S/C14H26N2O3S/c1-4-12(8-18-3)15-7-13(17)9-19-6-5-14-11(2)16-10-20-14/h10,12-13,15,17H,4-9H2,1-3H3. The van der Waals surface area contributed by atoms with Gasteiger partial charge in [0, 0.05) is 31.0 Å². The van der Waals surface area contributed by atoms with Gasteiger partial charge in [-0.3, -0.25) is 0 Å². The number of hydrogen-bond donors (Lipinski definition) is 2. The molecule has 0 radical (unpaired) electrons. The van der Waals surface area contributed by atoms with Gasteiger partial charge in [-0.1, -0.05) is 6.92 Å². The quantitative estimate of drug-likeness (QED) is 0.605. The Morgan fingerprint density at radius 1 is 1.45 bits per heavy atom. The van der Waals surface area contributed by atoms with E-state index in [0.717, 1.165) is 18.5 Å². The van der Waals surface area contributed by atoms with Crippen molar-refractivity contribution in [2.24, 2.45) is 0 Å². The summed E-state index contributed by atoms with van der Waals surface area (Å²) in [5.41, 5.74) is 2.93.